The van der Waals surface area contributed by atoms with Crippen molar-refractivity contribution < 1.29 is 27.5 Å². The Hall–Kier alpha value is -2.26. The largest absolute Gasteiger partial charge is 0.367 e. The number of carbonyl (C=O) groups excluding carboxylic acids is 3. The Balaban J connectivity index is 1.62. The first-order valence-electron chi connectivity index (χ1n) is 8.77. The highest BCUT2D eigenvalue weighted by Gasteiger charge is 2.54. The molecule has 1 heterocycles. The minimum absolute atomic E-state index is 0.0207. The van der Waals surface area contributed by atoms with Crippen molar-refractivity contribution in [3.05, 3.63) is 35.4 Å². The van der Waals surface area contributed by atoms with Crippen molar-refractivity contribution in [1.29, 1.82) is 0 Å². The topological polar surface area (TPSA) is 133 Å². The molecular formula is C18H22N2O6S. The molecule has 8 nitrogen and oxygen atoms in total. The lowest BCUT2D eigenvalue weighted by Gasteiger charge is -2.27. The summed E-state index contributed by atoms with van der Waals surface area (Å²) in [6, 6.07) is 6.20. The number of benzene rings is 1. The Kier molecular flexibility index (Phi) is 5.34. The smallest absolute Gasteiger partial charge is 0.249 e. The molecule has 3 rings (SSSR count). The van der Waals surface area contributed by atoms with Gasteiger partial charge in [-0.2, -0.15) is 0 Å². The van der Waals surface area contributed by atoms with Crippen LogP contribution in [-0.4, -0.2) is 50.0 Å². The molecule has 9 heteroatoms. The number of fused-ring (bicyclic) bond motifs is 1. The normalized spacial score (nSPS) is 24.6. The van der Waals surface area contributed by atoms with Gasteiger partial charge in [-0.05, 0) is 30.9 Å². The van der Waals surface area contributed by atoms with Crippen LogP contribution in [0.25, 0.3) is 0 Å². The van der Waals surface area contributed by atoms with E-state index in [1.165, 1.54) is 12.1 Å². The van der Waals surface area contributed by atoms with Crippen LogP contribution in [0.4, 0.5) is 0 Å². The summed E-state index contributed by atoms with van der Waals surface area (Å²) >= 11 is 0. The molecule has 2 atom stereocenters. The number of nitrogens with two attached hydrogens (primary N) is 1. The second-order valence-electron chi connectivity index (χ2n) is 7.00. The zero-order valence-electron chi connectivity index (χ0n) is 14.8. The molecule has 0 aromatic heterocycles. The summed E-state index contributed by atoms with van der Waals surface area (Å²) in [6.07, 6.45) is 1.41. The van der Waals surface area contributed by atoms with E-state index >= 15 is 0 Å². The van der Waals surface area contributed by atoms with Crippen LogP contribution in [0.3, 0.4) is 0 Å². The molecule has 27 heavy (non-hydrogen) atoms. The van der Waals surface area contributed by atoms with Crippen LogP contribution in [0.15, 0.2) is 24.3 Å². The Morgan fingerprint density at radius 3 is 2.78 bits per heavy atom. The van der Waals surface area contributed by atoms with Gasteiger partial charge in [0, 0.05) is 12.0 Å². The van der Waals surface area contributed by atoms with Gasteiger partial charge < -0.3 is 15.8 Å². The average molecular weight is 394 g/mol. The van der Waals surface area contributed by atoms with Crippen molar-refractivity contribution in [2.45, 2.75) is 43.1 Å². The zero-order chi connectivity index (χ0) is 19.7. The molecule has 0 bridgehead atoms. The Morgan fingerprint density at radius 2 is 2.04 bits per heavy atom. The first kappa shape index (κ1) is 19.5. The number of ketones is 1. The Bertz CT molecular complexity index is 882. The van der Waals surface area contributed by atoms with Crippen molar-refractivity contribution in [2.75, 3.05) is 12.4 Å². The van der Waals surface area contributed by atoms with Gasteiger partial charge in [-0.1, -0.05) is 18.2 Å². The third-order valence-electron chi connectivity index (χ3n) is 5.16. The molecule has 1 aliphatic heterocycles. The van der Waals surface area contributed by atoms with Gasteiger partial charge in [0.2, 0.25) is 11.8 Å². The fourth-order valence-corrected chi connectivity index (χ4v) is 5.16. The fraction of sp³-hybridized carbons (Fsp3) is 0.500. The number of primary amides is 1. The van der Waals surface area contributed by atoms with E-state index in [0.717, 1.165) is 6.42 Å². The van der Waals surface area contributed by atoms with E-state index < -0.39 is 27.2 Å². The summed E-state index contributed by atoms with van der Waals surface area (Å²) in [7, 11) is -3.64. The maximum Gasteiger partial charge on any atom is 0.249 e. The van der Waals surface area contributed by atoms with Crippen molar-refractivity contribution >= 4 is 27.4 Å². The van der Waals surface area contributed by atoms with Gasteiger partial charge in [0.1, 0.15) is 12.1 Å². The number of sulfone groups is 1. The van der Waals surface area contributed by atoms with Crippen molar-refractivity contribution in [1.82, 2.24) is 5.32 Å². The van der Waals surface area contributed by atoms with Gasteiger partial charge in [0.25, 0.3) is 0 Å². The molecule has 2 amide bonds. The van der Waals surface area contributed by atoms with Gasteiger partial charge in [0.05, 0.1) is 17.6 Å². The van der Waals surface area contributed by atoms with E-state index in [-0.39, 0.29) is 42.0 Å². The highest BCUT2D eigenvalue weighted by Crippen LogP contribution is 2.37. The average Bonchev–Trinajstić information content (AvgIpc) is 3.13. The summed E-state index contributed by atoms with van der Waals surface area (Å²) < 4.78 is 30.2. The van der Waals surface area contributed by atoms with E-state index in [1.807, 2.05) is 0 Å². The van der Waals surface area contributed by atoms with Gasteiger partial charge in [0.15, 0.2) is 15.6 Å². The number of ether oxygens (including phenoxy) is 1. The maximum absolute atomic E-state index is 12.4. The van der Waals surface area contributed by atoms with Crippen molar-refractivity contribution in [3.8, 4) is 0 Å². The SMILES string of the molecule is NC(=O)c1ccccc1CS(=O)(=O)CCC(=O)NC12CCCC1OCC2=O. The van der Waals surface area contributed by atoms with Crippen molar-refractivity contribution in [3.63, 3.8) is 0 Å². The summed E-state index contributed by atoms with van der Waals surface area (Å²) in [5, 5.41) is 2.72. The van der Waals surface area contributed by atoms with E-state index in [0.29, 0.717) is 18.4 Å². The molecule has 2 unspecified atom stereocenters. The second kappa shape index (κ2) is 7.40. The molecule has 1 saturated heterocycles. The van der Waals surface area contributed by atoms with Crippen LogP contribution >= 0.6 is 0 Å². The molecule has 2 aliphatic rings. The molecule has 3 N–H and O–H groups in total. The van der Waals surface area contributed by atoms with E-state index in [4.69, 9.17) is 10.5 Å². The molecule has 1 aromatic rings. The van der Waals surface area contributed by atoms with Crippen LogP contribution < -0.4 is 11.1 Å². The number of hydrogen-bond acceptors (Lipinski definition) is 6. The highest BCUT2D eigenvalue weighted by molar-refractivity contribution is 7.90. The van der Waals surface area contributed by atoms with Gasteiger partial charge in [-0.25, -0.2) is 8.42 Å². The molecule has 146 valence electrons. The van der Waals surface area contributed by atoms with Crippen LogP contribution in [0.2, 0.25) is 0 Å². The predicted octanol–water partition coefficient (Wildman–Crippen LogP) is 0.0972. The fourth-order valence-electron chi connectivity index (χ4n) is 3.79. The van der Waals surface area contributed by atoms with Crippen LogP contribution in [0, 0.1) is 0 Å². The summed E-state index contributed by atoms with van der Waals surface area (Å²) in [6.45, 7) is -0.0207. The van der Waals surface area contributed by atoms with Gasteiger partial charge >= 0.3 is 0 Å². The molecular weight excluding hydrogens is 372 g/mol. The lowest BCUT2D eigenvalue weighted by Crippen LogP contribution is -2.56. The molecule has 0 radical (unpaired) electrons. The molecule has 1 saturated carbocycles. The first-order chi connectivity index (χ1) is 12.7. The van der Waals surface area contributed by atoms with Crippen LogP contribution in [0.5, 0.6) is 0 Å². The highest BCUT2D eigenvalue weighted by atomic mass is 32.2. The van der Waals surface area contributed by atoms with E-state index in [9.17, 15) is 22.8 Å². The van der Waals surface area contributed by atoms with Crippen LogP contribution in [-0.2, 0) is 29.9 Å². The molecule has 0 spiro atoms. The maximum atomic E-state index is 12.4. The second-order valence-corrected chi connectivity index (χ2v) is 9.18. The number of amides is 2. The molecule has 1 aromatic carbocycles. The van der Waals surface area contributed by atoms with Gasteiger partial charge in [-0.15, -0.1) is 0 Å². The molecule has 2 fully saturated rings. The van der Waals surface area contributed by atoms with E-state index in [2.05, 4.69) is 5.32 Å². The Labute approximate surface area is 157 Å². The number of carbonyl (C=O) groups is 3. The minimum Gasteiger partial charge on any atom is -0.367 e. The third-order valence-corrected chi connectivity index (χ3v) is 6.74. The van der Waals surface area contributed by atoms with Crippen LogP contribution in [0.1, 0.15) is 41.6 Å². The predicted molar refractivity (Wildman–Crippen MR) is 96.5 cm³/mol. The summed E-state index contributed by atoms with van der Waals surface area (Å²) in [5.74, 6) is -2.12. The monoisotopic (exact) mass is 394 g/mol. The standard InChI is InChI=1S/C18H22N2O6S/c19-17(23)13-5-2-1-4-12(13)11-27(24,25)9-7-16(22)20-18-8-3-6-15(18)26-10-14(18)21/h1-2,4-5,15H,3,6-11H2,(H2,19,23)(H,20,22). The number of rotatable bonds is 7. The third kappa shape index (κ3) is 4.03. The van der Waals surface area contributed by atoms with Gasteiger partial charge in [-0.3, -0.25) is 14.4 Å². The van der Waals surface area contributed by atoms with E-state index in [1.54, 1.807) is 12.1 Å². The zero-order valence-corrected chi connectivity index (χ0v) is 15.6. The molecule has 1 aliphatic carbocycles. The lowest BCUT2D eigenvalue weighted by atomic mass is 9.92. The Morgan fingerprint density at radius 1 is 1.30 bits per heavy atom. The number of hydrogen-bond donors (Lipinski definition) is 2. The summed E-state index contributed by atoms with van der Waals surface area (Å²) in [4.78, 5) is 35.9. The number of nitrogens with one attached hydrogen (secondary N) is 1. The summed E-state index contributed by atoms with van der Waals surface area (Å²) in [5.41, 5.74) is 4.72. The quantitative estimate of drug-likeness (QED) is 0.674. The first-order valence-corrected chi connectivity index (χ1v) is 10.6. The number of Topliss-reactive ketones (excluding diaryl/α,β-unsaturated/α-hetero) is 1. The lowest BCUT2D eigenvalue weighted by molar-refractivity contribution is -0.129. The van der Waals surface area contributed by atoms with Crippen molar-refractivity contribution in [2.24, 2.45) is 5.73 Å². The minimum atomic E-state index is -3.64.